The number of hydrogen-bond donors (Lipinski definition) is 0. The van der Waals surface area contributed by atoms with Gasteiger partial charge in [-0.3, -0.25) is 0 Å². The van der Waals surface area contributed by atoms with Gasteiger partial charge in [-0.2, -0.15) is 5.26 Å². The number of allylic oxidation sites excluding steroid dienone is 1. The van der Waals surface area contributed by atoms with E-state index in [1.165, 1.54) is 7.11 Å². The van der Waals surface area contributed by atoms with E-state index in [1.807, 2.05) is 71.6 Å². The zero-order valence-electron chi connectivity index (χ0n) is 17.4. The van der Waals surface area contributed by atoms with E-state index in [4.69, 9.17) is 9.47 Å². The Morgan fingerprint density at radius 2 is 1.59 bits per heavy atom. The van der Waals surface area contributed by atoms with Crippen molar-refractivity contribution in [2.75, 3.05) is 7.11 Å². The van der Waals surface area contributed by atoms with Gasteiger partial charge < -0.3 is 14.0 Å². The summed E-state index contributed by atoms with van der Waals surface area (Å²) in [6.07, 6.45) is 5.64. The van der Waals surface area contributed by atoms with Crippen molar-refractivity contribution in [1.82, 2.24) is 4.57 Å². The molecule has 1 aromatic heterocycles. The van der Waals surface area contributed by atoms with Gasteiger partial charge in [0.2, 0.25) is 0 Å². The Bertz CT molecular complexity index is 1280. The minimum absolute atomic E-state index is 0.308. The SMILES string of the molecule is COc1cc(/C=C(/C#N)c2ccccc2)ccc1OC(=O)c1ccc(-n2cccc2)cc1. The van der Waals surface area contributed by atoms with E-state index in [0.29, 0.717) is 22.6 Å². The number of aromatic nitrogens is 1. The second-order valence-electron chi connectivity index (χ2n) is 6.97. The fraction of sp³-hybridized carbons (Fsp3) is 0.0370. The number of carbonyl (C=O) groups is 1. The van der Waals surface area contributed by atoms with Crippen molar-refractivity contribution < 1.29 is 14.3 Å². The molecule has 0 atom stereocenters. The molecule has 32 heavy (non-hydrogen) atoms. The minimum atomic E-state index is -0.479. The van der Waals surface area contributed by atoms with Gasteiger partial charge in [-0.25, -0.2) is 4.79 Å². The summed E-state index contributed by atoms with van der Waals surface area (Å²) < 4.78 is 12.9. The Balaban J connectivity index is 1.54. The molecule has 5 nitrogen and oxygen atoms in total. The molecular formula is C27H20N2O3. The van der Waals surface area contributed by atoms with Gasteiger partial charge >= 0.3 is 5.97 Å². The maximum absolute atomic E-state index is 12.6. The molecule has 0 saturated heterocycles. The number of ether oxygens (including phenoxy) is 2. The molecular weight excluding hydrogens is 400 g/mol. The first-order valence-electron chi connectivity index (χ1n) is 9.99. The molecule has 0 aliphatic heterocycles. The standard InChI is InChI=1S/C27H20N2O3/c1-31-26-18-20(17-23(19-28)21-7-3-2-4-8-21)9-14-25(26)32-27(30)22-10-12-24(13-11-22)29-15-5-6-16-29/h2-18H,1H3/b23-17-. The van der Waals surface area contributed by atoms with Crippen molar-refractivity contribution in [2.45, 2.75) is 0 Å². The number of methoxy groups -OCH3 is 1. The fourth-order valence-corrected chi connectivity index (χ4v) is 3.26. The summed E-state index contributed by atoms with van der Waals surface area (Å²) in [6, 6.07) is 27.9. The summed E-state index contributed by atoms with van der Waals surface area (Å²) >= 11 is 0. The van der Waals surface area contributed by atoms with Crippen LogP contribution in [0.15, 0.2) is 97.3 Å². The summed E-state index contributed by atoms with van der Waals surface area (Å²) in [7, 11) is 1.51. The lowest BCUT2D eigenvalue weighted by Crippen LogP contribution is -2.09. The monoisotopic (exact) mass is 420 g/mol. The number of nitriles is 1. The largest absolute Gasteiger partial charge is 0.493 e. The number of rotatable bonds is 6. The molecule has 0 amide bonds. The fourth-order valence-electron chi connectivity index (χ4n) is 3.26. The van der Waals surface area contributed by atoms with Gasteiger partial charge in [0.15, 0.2) is 11.5 Å². The third-order valence-corrected chi connectivity index (χ3v) is 4.91. The summed E-state index contributed by atoms with van der Waals surface area (Å²) in [4.78, 5) is 12.6. The highest BCUT2D eigenvalue weighted by molar-refractivity contribution is 5.92. The number of esters is 1. The molecule has 0 fully saturated rings. The van der Waals surface area contributed by atoms with Crippen molar-refractivity contribution in [3.63, 3.8) is 0 Å². The zero-order chi connectivity index (χ0) is 22.3. The Morgan fingerprint density at radius 3 is 2.25 bits per heavy atom. The maximum atomic E-state index is 12.6. The van der Waals surface area contributed by atoms with Crippen molar-refractivity contribution in [3.8, 4) is 23.3 Å². The van der Waals surface area contributed by atoms with Crippen molar-refractivity contribution in [2.24, 2.45) is 0 Å². The zero-order valence-corrected chi connectivity index (χ0v) is 17.4. The molecule has 0 aliphatic carbocycles. The molecule has 4 aromatic rings. The molecule has 0 bridgehead atoms. The lowest BCUT2D eigenvalue weighted by Gasteiger charge is -2.11. The second kappa shape index (κ2) is 9.50. The third kappa shape index (κ3) is 4.61. The molecule has 4 rings (SSSR count). The van der Waals surface area contributed by atoms with Gasteiger partial charge in [-0.1, -0.05) is 36.4 Å². The highest BCUT2D eigenvalue weighted by Crippen LogP contribution is 2.30. The summed E-state index contributed by atoms with van der Waals surface area (Å²) in [5.74, 6) is 0.233. The lowest BCUT2D eigenvalue weighted by atomic mass is 10.0. The normalized spacial score (nSPS) is 10.9. The molecule has 5 heteroatoms. The number of carbonyl (C=O) groups excluding carboxylic acids is 1. The van der Waals surface area contributed by atoms with Gasteiger partial charge in [0, 0.05) is 18.1 Å². The summed E-state index contributed by atoms with van der Waals surface area (Å²) in [6.45, 7) is 0. The Labute approximate surface area is 186 Å². The third-order valence-electron chi connectivity index (χ3n) is 4.91. The molecule has 0 unspecified atom stereocenters. The highest BCUT2D eigenvalue weighted by atomic mass is 16.6. The van der Waals surface area contributed by atoms with Gasteiger partial charge in [0.05, 0.1) is 24.3 Å². The maximum Gasteiger partial charge on any atom is 0.343 e. The van der Waals surface area contributed by atoms with Crippen molar-refractivity contribution in [1.29, 1.82) is 5.26 Å². The predicted molar refractivity (Wildman–Crippen MR) is 124 cm³/mol. The minimum Gasteiger partial charge on any atom is -0.493 e. The van der Waals surface area contributed by atoms with E-state index in [1.54, 1.807) is 36.4 Å². The Morgan fingerprint density at radius 1 is 0.875 bits per heavy atom. The Hall–Kier alpha value is -4.56. The van der Waals surface area contributed by atoms with Crippen LogP contribution in [0.4, 0.5) is 0 Å². The van der Waals surface area contributed by atoms with Crippen LogP contribution >= 0.6 is 0 Å². The van der Waals surface area contributed by atoms with Crippen LogP contribution in [0, 0.1) is 11.3 Å². The van der Waals surface area contributed by atoms with Crippen LogP contribution in [-0.4, -0.2) is 17.6 Å². The second-order valence-corrected chi connectivity index (χ2v) is 6.97. The van der Waals surface area contributed by atoms with E-state index in [-0.39, 0.29) is 0 Å². The van der Waals surface area contributed by atoms with Gasteiger partial charge in [-0.15, -0.1) is 0 Å². The van der Waals surface area contributed by atoms with Crippen LogP contribution in [0.1, 0.15) is 21.5 Å². The summed E-state index contributed by atoms with van der Waals surface area (Å²) in [5, 5.41) is 9.53. The van der Waals surface area contributed by atoms with Gasteiger partial charge in [-0.05, 0) is 65.7 Å². The Kier molecular flexibility index (Phi) is 6.15. The van der Waals surface area contributed by atoms with Crippen LogP contribution < -0.4 is 9.47 Å². The van der Waals surface area contributed by atoms with Gasteiger partial charge in [0.25, 0.3) is 0 Å². The van der Waals surface area contributed by atoms with Crippen LogP contribution in [0.25, 0.3) is 17.3 Å². The van der Waals surface area contributed by atoms with Crippen LogP contribution in [0.2, 0.25) is 0 Å². The average Bonchev–Trinajstić information content (AvgIpc) is 3.39. The molecule has 0 radical (unpaired) electrons. The molecule has 0 spiro atoms. The number of hydrogen-bond acceptors (Lipinski definition) is 4. The van der Waals surface area contributed by atoms with E-state index in [0.717, 1.165) is 16.8 Å². The van der Waals surface area contributed by atoms with Crippen molar-refractivity contribution >= 4 is 17.6 Å². The molecule has 0 saturated carbocycles. The van der Waals surface area contributed by atoms with E-state index < -0.39 is 5.97 Å². The van der Waals surface area contributed by atoms with Crippen molar-refractivity contribution in [3.05, 3.63) is 114 Å². The van der Waals surface area contributed by atoms with Crippen LogP contribution in [0.3, 0.4) is 0 Å². The first kappa shape index (κ1) is 20.7. The average molecular weight is 420 g/mol. The first-order chi connectivity index (χ1) is 15.7. The molecule has 156 valence electrons. The molecule has 3 aromatic carbocycles. The highest BCUT2D eigenvalue weighted by Gasteiger charge is 2.13. The lowest BCUT2D eigenvalue weighted by molar-refractivity contribution is 0.0729. The molecule has 1 heterocycles. The summed E-state index contributed by atoms with van der Waals surface area (Å²) in [5.41, 5.74) is 3.50. The molecule has 0 N–H and O–H groups in total. The predicted octanol–water partition coefficient (Wildman–Crippen LogP) is 5.77. The first-order valence-corrected chi connectivity index (χ1v) is 9.99. The topological polar surface area (TPSA) is 64.2 Å². The van der Waals surface area contributed by atoms with E-state index >= 15 is 0 Å². The quantitative estimate of drug-likeness (QED) is 0.172. The number of nitrogens with zero attached hydrogens (tertiary/aromatic N) is 2. The van der Waals surface area contributed by atoms with Crippen LogP contribution in [-0.2, 0) is 0 Å². The van der Waals surface area contributed by atoms with E-state index in [2.05, 4.69) is 6.07 Å². The van der Waals surface area contributed by atoms with Gasteiger partial charge in [0.1, 0.15) is 0 Å². The molecule has 0 aliphatic rings. The number of benzene rings is 3. The smallest absolute Gasteiger partial charge is 0.343 e. The van der Waals surface area contributed by atoms with E-state index in [9.17, 15) is 10.1 Å². The van der Waals surface area contributed by atoms with Crippen LogP contribution in [0.5, 0.6) is 11.5 Å².